The van der Waals surface area contributed by atoms with Gasteiger partial charge in [0.1, 0.15) is 23.8 Å². The molecule has 8 heteroatoms. The second-order valence-corrected chi connectivity index (χ2v) is 4.43. The van der Waals surface area contributed by atoms with Gasteiger partial charge in [0.25, 0.3) is 5.69 Å². The van der Waals surface area contributed by atoms with Crippen LogP contribution in [0.25, 0.3) is 0 Å². The van der Waals surface area contributed by atoms with E-state index in [0.717, 1.165) is 0 Å². The van der Waals surface area contributed by atoms with Gasteiger partial charge in [0.05, 0.1) is 30.8 Å². The quantitative estimate of drug-likeness (QED) is 0.532. The maximum Gasteiger partial charge on any atom is 0.296 e. The number of rotatable bonds is 5. The van der Waals surface area contributed by atoms with E-state index in [0.29, 0.717) is 5.75 Å². The van der Waals surface area contributed by atoms with Crippen LogP contribution in [0, 0.1) is 10.1 Å². The lowest BCUT2D eigenvalue weighted by atomic mass is 10.2. The lowest BCUT2D eigenvalue weighted by Gasteiger charge is -2.15. The van der Waals surface area contributed by atoms with Gasteiger partial charge in [-0.05, 0) is 12.1 Å². The predicted molar refractivity (Wildman–Crippen MR) is 69.6 cm³/mol. The summed E-state index contributed by atoms with van der Waals surface area (Å²) in [5.41, 5.74) is 0.126. The molecular formula is C12H16N2O6. The fraction of sp³-hybridized carbons (Fsp3) is 0.500. The molecular weight excluding hydrogens is 268 g/mol. The molecule has 20 heavy (non-hydrogen) atoms. The van der Waals surface area contributed by atoms with Crippen molar-refractivity contribution in [2.24, 2.45) is 0 Å². The predicted octanol–water partition coefficient (Wildman–Crippen LogP) is 0.483. The maximum absolute atomic E-state index is 11.0. The zero-order valence-corrected chi connectivity index (χ0v) is 10.9. The molecule has 1 heterocycles. The summed E-state index contributed by atoms with van der Waals surface area (Å²) in [6.45, 7) is -0.302. The minimum Gasteiger partial charge on any atom is -0.496 e. The molecule has 2 rings (SSSR count). The SMILES string of the molecule is COc1ccc(N[C@@H]2C[C@@H](O)[C@H](CO)O2)c([N+](=O)[O-])c1. The van der Waals surface area contributed by atoms with Gasteiger partial charge >= 0.3 is 0 Å². The van der Waals surface area contributed by atoms with E-state index in [9.17, 15) is 15.2 Å². The van der Waals surface area contributed by atoms with Crippen molar-refractivity contribution in [3.05, 3.63) is 28.3 Å². The second-order valence-electron chi connectivity index (χ2n) is 4.43. The average Bonchev–Trinajstić information content (AvgIpc) is 2.79. The molecule has 1 aliphatic heterocycles. The highest BCUT2D eigenvalue weighted by molar-refractivity contribution is 5.64. The molecule has 0 spiro atoms. The molecule has 1 fully saturated rings. The van der Waals surface area contributed by atoms with Gasteiger partial charge in [0, 0.05) is 6.42 Å². The van der Waals surface area contributed by atoms with E-state index in [-0.39, 0.29) is 24.4 Å². The van der Waals surface area contributed by atoms with Gasteiger partial charge in [0.15, 0.2) is 0 Å². The summed E-state index contributed by atoms with van der Waals surface area (Å²) in [7, 11) is 1.43. The number of nitrogens with zero attached hydrogens (tertiary/aromatic N) is 1. The van der Waals surface area contributed by atoms with E-state index >= 15 is 0 Å². The van der Waals surface area contributed by atoms with Crippen molar-refractivity contribution in [1.29, 1.82) is 0 Å². The zero-order chi connectivity index (χ0) is 14.7. The van der Waals surface area contributed by atoms with Gasteiger partial charge < -0.3 is 25.0 Å². The normalized spacial score (nSPS) is 25.4. The van der Waals surface area contributed by atoms with E-state index in [2.05, 4.69) is 5.32 Å². The number of ether oxygens (including phenoxy) is 2. The summed E-state index contributed by atoms with van der Waals surface area (Å²) in [4.78, 5) is 10.5. The monoisotopic (exact) mass is 284 g/mol. The van der Waals surface area contributed by atoms with Gasteiger partial charge in [0.2, 0.25) is 0 Å². The Labute approximate surface area is 115 Å². The number of hydrogen-bond acceptors (Lipinski definition) is 7. The molecule has 1 aliphatic rings. The second kappa shape index (κ2) is 6.04. The van der Waals surface area contributed by atoms with Gasteiger partial charge in [-0.15, -0.1) is 0 Å². The van der Waals surface area contributed by atoms with Crippen molar-refractivity contribution in [1.82, 2.24) is 0 Å². The number of aliphatic hydroxyl groups excluding tert-OH is 2. The number of anilines is 1. The number of benzene rings is 1. The Bertz CT molecular complexity index is 495. The van der Waals surface area contributed by atoms with Crippen molar-refractivity contribution >= 4 is 11.4 Å². The van der Waals surface area contributed by atoms with Crippen LogP contribution in [0.4, 0.5) is 11.4 Å². The van der Waals surface area contributed by atoms with Crippen LogP contribution in [0.15, 0.2) is 18.2 Å². The standard InChI is InChI=1S/C12H16N2O6/c1-19-7-2-3-8(9(4-7)14(17)18)13-12-5-10(16)11(6-15)20-12/h2-4,10-13,15-16H,5-6H2,1H3/t10-,11+,12+/m1/s1. The molecule has 3 N–H and O–H groups in total. The Hall–Kier alpha value is -1.90. The first-order valence-electron chi connectivity index (χ1n) is 6.08. The molecule has 0 radical (unpaired) electrons. The molecule has 3 atom stereocenters. The first-order valence-corrected chi connectivity index (χ1v) is 6.08. The van der Waals surface area contributed by atoms with Crippen LogP contribution in [0.3, 0.4) is 0 Å². The number of nitro groups is 1. The fourth-order valence-electron chi connectivity index (χ4n) is 2.07. The average molecular weight is 284 g/mol. The summed E-state index contributed by atoms with van der Waals surface area (Å²) < 4.78 is 10.3. The summed E-state index contributed by atoms with van der Waals surface area (Å²) in [5, 5.41) is 32.5. The molecule has 0 aliphatic carbocycles. The Balaban J connectivity index is 2.15. The summed E-state index contributed by atoms with van der Waals surface area (Å²) in [6, 6.07) is 4.40. The summed E-state index contributed by atoms with van der Waals surface area (Å²) in [6.07, 6.45) is -1.82. The highest BCUT2D eigenvalue weighted by Gasteiger charge is 2.34. The van der Waals surface area contributed by atoms with E-state index in [1.54, 1.807) is 6.07 Å². The molecule has 8 nitrogen and oxygen atoms in total. The fourth-order valence-corrected chi connectivity index (χ4v) is 2.07. The van der Waals surface area contributed by atoms with Crippen molar-refractivity contribution in [3.63, 3.8) is 0 Å². The summed E-state index contributed by atoms with van der Waals surface area (Å²) >= 11 is 0. The highest BCUT2D eigenvalue weighted by atomic mass is 16.6. The molecule has 110 valence electrons. The van der Waals surface area contributed by atoms with E-state index in [1.807, 2.05) is 0 Å². The summed E-state index contributed by atoms with van der Waals surface area (Å²) in [5.74, 6) is 0.378. The smallest absolute Gasteiger partial charge is 0.296 e. The lowest BCUT2D eigenvalue weighted by molar-refractivity contribution is -0.384. The molecule has 1 aromatic rings. The minimum absolute atomic E-state index is 0.144. The van der Waals surface area contributed by atoms with Crippen LogP contribution in [0.2, 0.25) is 0 Å². The third-order valence-corrected chi connectivity index (χ3v) is 3.12. The first-order chi connectivity index (χ1) is 9.55. The molecule has 1 saturated heterocycles. The lowest BCUT2D eigenvalue weighted by Crippen LogP contribution is -2.25. The zero-order valence-electron chi connectivity index (χ0n) is 10.9. The van der Waals surface area contributed by atoms with Gasteiger partial charge in [-0.3, -0.25) is 10.1 Å². The van der Waals surface area contributed by atoms with Crippen LogP contribution >= 0.6 is 0 Å². The van der Waals surface area contributed by atoms with Gasteiger partial charge in [-0.1, -0.05) is 0 Å². The van der Waals surface area contributed by atoms with Gasteiger partial charge in [-0.2, -0.15) is 0 Å². The Morgan fingerprint density at radius 2 is 2.35 bits per heavy atom. The van der Waals surface area contributed by atoms with Crippen LogP contribution in [-0.2, 0) is 4.74 Å². The molecule has 1 aromatic carbocycles. The first kappa shape index (κ1) is 14.5. The topological polar surface area (TPSA) is 114 Å². The van der Waals surface area contributed by atoms with E-state index in [4.69, 9.17) is 14.6 Å². The Morgan fingerprint density at radius 1 is 1.60 bits per heavy atom. The number of aliphatic hydroxyl groups is 2. The molecule has 0 bridgehead atoms. The molecule has 0 amide bonds. The third-order valence-electron chi connectivity index (χ3n) is 3.12. The molecule has 0 aromatic heterocycles. The third kappa shape index (κ3) is 2.98. The van der Waals surface area contributed by atoms with E-state index < -0.39 is 23.4 Å². The Kier molecular flexibility index (Phi) is 4.38. The number of methoxy groups -OCH3 is 1. The van der Waals surface area contributed by atoms with Crippen LogP contribution in [0.1, 0.15) is 6.42 Å². The van der Waals surface area contributed by atoms with Crippen molar-refractivity contribution < 1.29 is 24.6 Å². The minimum atomic E-state index is -0.796. The maximum atomic E-state index is 11.0. The molecule has 0 saturated carbocycles. The number of hydrogen-bond donors (Lipinski definition) is 3. The Morgan fingerprint density at radius 3 is 2.90 bits per heavy atom. The number of nitro benzene ring substituents is 1. The van der Waals surface area contributed by atoms with Gasteiger partial charge in [-0.25, -0.2) is 0 Å². The highest BCUT2D eigenvalue weighted by Crippen LogP contribution is 2.31. The number of nitrogens with one attached hydrogen (secondary N) is 1. The molecule has 0 unspecified atom stereocenters. The van der Waals surface area contributed by atoms with Crippen molar-refractivity contribution in [2.75, 3.05) is 19.0 Å². The van der Waals surface area contributed by atoms with Crippen molar-refractivity contribution in [2.45, 2.75) is 24.9 Å². The van der Waals surface area contributed by atoms with Crippen molar-refractivity contribution in [3.8, 4) is 5.75 Å². The van der Waals surface area contributed by atoms with Crippen LogP contribution in [0.5, 0.6) is 5.75 Å². The largest absolute Gasteiger partial charge is 0.496 e. The van der Waals surface area contributed by atoms with Crippen LogP contribution in [-0.4, -0.2) is 47.3 Å². The van der Waals surface area contributed by atoms with Crippen LogP contribution < -0.4 is 10.1 Å². The van der Waals surface area contributed by atoms with E-state index in [1.165, 1.54) is 19.2 Å².